The second-order valence-corrected chi connectivity index (χ2v) is 4.47. The van der Waals surface area contributed by atoms with Crippen LogP contribution in [-0.2, 0) is 4.74 Å². The summed E-state index contributed by atoms with van der Waals surface area (Å²) < 4.78 is 16.3. The molecule has 0 aliphatic carbocycles. The van der Waals surface area contributed by atoms with E-state index in [-0.39, 0.29) is 0 Å². The molecule has 1 aromatic carbocycles. The Kier molecular flexibility index (Phi) is 5.30. The van der Waals surface area contributed by atoms with E-state index in [2.05, 4.69) is 5.32 Å². The van der Waals surface area contributed by atoms with E-state index in [1.54, 1.807) is 7.11 Å². The average Bonchev–Trinajstić information content (AvgIpc) is 2.92. The lowest BCUT2D eigenvalue weighted by Gasteiger charge is -2.09. The summed E-state index contributed by atoms with van der Waals surface area (Å²) >= 11 is 0. The molecule has 0 unspecified atom stereocenters. The summed E-state index contributed by atoms with van der Waals surface area (Å²) in [5.41, 5.74) is 0. The molecule has 18 heavy (non-hydrogen) atoms. The fourth-order valence-electron chi connectivity index (χ4n) is 2.07. The minimum atomic E-state index is 0.450. The van der Waals surface area contributed by atoms with Crippen molar-refractivity contribution in [1.29, 1.82) is 0 Å². The van der Waals surface area contributed by atoms with Gasteiger partial charge in [0.1, 0.15) is 37.3 Å². The van der Waals surface area contributed by atoms with Crippen LogP contribution in [0, 0.1) is 0 Å². The Hall–Kier alpha value is -1.26. The molecule has 1 saturated heterocycles. The van der Waals surface area contributed by atoms with Gasteiger partial charge in [0, 0.05) is 6.61 Å². The van der Waals surface area contributed by atoms with Gasteiger partial charge in [0.2, 0.25) is 0 Å². The fourth-order valence-corrected chi connectivity index (χ4v) is 2.07. The van der Waals surface area contributed by atoms with Crippen molar-refractivity contribution in [3.05, 3.63) is 24.3 Å². The quantitative estimate of drug-likeness (QED) is 0.731. The molecule has 100 valence electrons. The third-order valence-electron chi connectivity index (χ3n) is 3.10. The molecule has 0 aromatic heterocycles. The highest BCUT2D eigenvalue weighted by molar-refractivity contribution is 5.31. The number of nitrogens with two attached hydrogens (primary N) is 1. The van der Waals surface area contributed by atoms with Crippen molar-refractivity contribution in [2.45, 2.75) is 18.9 Å². The fraction of sp³-hybridized carbons (Fsp3) is 0.571. The number of hydrogen-bond donors (Lipinski definition) is 1. The highest BCUT2D eigenvalue weighted by atomic mass is 16.5. The van der Waals surface area contributed by atoms with E-state index < -0.39 is 0 Å². The first kappa shape index (κ1) is 13.2. The molecule has 1 fully saturated rings. The van der Waals surface area contributed by atoms with E-state index in [0.717, 1.165) is 37.8 Å². The van der Waals surface area contributed by atoms with Crippen molar-refractivity contribution in [2.75, 3.05) is 33.4 Å². The Morgan fingerprint density at radius 3 is 2.72 bits per heavy atom. The van der Waals surface area contributed by atoms with Gasteiger partial charge in [-0.3, -0.25) is 0 Å². The lowest BCUT2D eigenvalue weighted by atomic mass is 10.2. The standard InChI is InChI=1S/C14H21NO3/c1-16-12-4-6-13(7-5-12)18-10-8-15-11-14-3-2-9-17-14/h4-7,14-15H,2-3,8-11H2,1H3/p+1/t14-/m1/s1. The summed E-state index contributed by atoms with van der Waals surface area (Å²) in [4.78, 5) is 0. The zero-order valence-electron chi connectivity index (χ0n) is 10.9. The van der Waals surface area contributed by atoms with Gasteiger partial charge >= 0.3 is 0 Å². The van der Waals surface area contributed by atoms with Crippen LogP contribution in [0.3, 0.4) is 0 Å². The van der Waals surface area contributed by atoms with E-state index in [9.17, 15) is 0 Å². The lowest BCUT2D eigenvalue weighted by molar-refractivity contribution is -0.661. The molecule has 4 nitrogen and oxygen atoms in total. The van der Waals surface area contributed by atoms with Gasteiger partial charge in [-0.1, -0.05) is 0 Å². The summed E-state index contributed by atoms with van der Waals surface area (Å²) in [5, 5.41) is 2.26. The van der Waals surface area contributed by atoms with Crippen LogP contribution in [0.1, 0.15) is 12.8 Å². The molecular weight excluding hydrogens is 230 g/mol. The maximum atomic E-state index is 5.64. The third-order valence-corrected chi connectivity index (χ3v) is 3.10. The first-order valence-corrected chi connectivity index (χ1v) is 6.58. The first-order valence-electron chi connectivity index (χ1n) is 6.58. The van der Waals surface area contributed by atoms with Crippen LogP contribution in [0.4, 0.5) is 0 Å². The highest BCUT2D eigenvalue weighted by Crippen LogP contribution is 2.16. The van der Waals surface area contributed by atoms with Crippen LogP contribution in [0.15, 0.2) is 24.3 Å². The second-order valence-electron chi connectivity index (χ2n) is 4.47. The van der Waals surface area contributed by atoms with Crippen molar-refractivity contribution in [3.63, 3.8) is 0 Å². The monoisotopic (exact) mass is 252 g/mol. The van der Waals surface area contributed by atoms with E-state index in [1.165, 1.54) is 12.8 Å². The SMILES string of the molecule is COc1ccc(OCC[NH2+]C[C@H]2CCCO2)cc1. The van der Waals surface area contributed by atoms with Crippen LogP contribution in [-0.4, -0.2) is 39.5 Å². The topological polar surface area (TPSA) is 44.3 Å². The molecule has 4 heteroatoms. The molecule has 0 radical (unpaired) electrons. The van der Waals surface area contributed by atoms with E-state index in [4.69, 9.17) is 14.2 Å². The number of benzene rings is 1. The maximum absolute atomic E-state index is 5.64. The van der Waals surface area contributed by atoms with Crippen LogP contribution in [0.5, 0.6) is 11.5 Å². The van der Waals surface area contributed by atoms with Gasteiger partial charge in [-0.25, -0.2) is 0 Å². The van der Waals surface area contributed by atoms with E-state index in [1.807, 2.05) is 24.3 Å². The molecule has 0 spiro atoms. The summed E-state index contributed by atoms with van der Waals surface area (Å²) in [6, 6.07) is 7.68. The molecule has 1 heterocycles. The lowest BCUT2D eigenvalue weighted by Crippen LogP contribution is -2.87. The van der Waals surface area contributed by atoms with Gasteiger partial charge in [0.25, 0.3) is 0 Å². The van der Waals surface area contributed by atoms with Crippen molar-refractivity contribution in [2.24, 2.45) is 0 Å². The molecule has 1 aliphatic heterocycles. The third kappa shape index (κ3) is 4.20. The van der Waals surface area contributed by atoms with Gasteiger partial charge in [-0.15, -0.1) is 0 Å². The zero-order valence-corrected chi connectivity index (χ0v) is 10.9. The Labute approximate surface area is 108 Å². The number of hydrogen-bond acceptors (Lipinski definition) is 3. The Balaban J connectivity index is 1.56. The summed E-state index contributed by atoms with van der Waals surface area (Å²) in [6.07, 6.45) is 2.86. The van der Waals surface area contributed by atoms with Gasteiger partial charge in [-0.2, -0.15) is 0 Å². The first-order chi connectivity index (χ1) is 8.88. The molecule has 1 aliphatic rings. The summed E-state index contributed by atoms with van der Waals surface area (Å²) in [7, 11) is 1.66. The van der Waals surface area contributed by atoms with Crippen molar-refractivity contribution in [3.8, 4) is 11.5 Å². The number of methoxy groups -OCH3 is 1. The second kappa shape index (κ2) is 7.24. The van der Waals surface area contributed by atoms with Gasteiger partial charge in [0.15, 0.2) is 0 Å². The summed E-state index contributed by atoms with van der Waals surface area (Å²) in [6.45, 7) is 3.66. The van der Waals surface area contributed by atoms with Crippen LogP contribution < -0.4 is 14.8 Å². The van der Waals surface area contributed by atoms with Crippen molar-refractivity contribution >= 4 is 0 Å². The van der Waals surface area contributed by atoms with E-state index >= 15 is 0 Å². The van der Waals surface area contributed by atoms with Gasteiger partial charge < -0.3 is 19.5 Å². The van der Waals surface area contributed by atoms with Crippen LogP contribution in [0.2, 0.25) is 0 Å². The minimum Gasteiger partial charge on any atom is -0.497 e. The molecule has 1 atom stereocenters. The molecule has 0 saturated carbocycles. The number of ether oxygens (including phenoxy) is 3. The predicted molar refractivity (Wildman–Crippen MR) is 69.1 cm³/mol. The normalized spacial score (nSPS) is 18.8. The zero-order chi connectivity index (χ0) is 12.6. The van der Waals surface area contributed by atoms with Crippen molar-refractivity contribution < 1.29 is 19.5 Å². The molecule has 1 aromatic rings. The largest absolute Gasteiger partial charge is 0.497 e. The molecular formula is C14H22NO3+. The average molecular weight is 252 g/mol. The van der Waals surface area contributed by atoms with Crippen LogP contribution >= 0.6 is 0 Å². The Morgan fingerprint density at radius 1 is 1.28 bits per heavy atom. The number of rotatable bonds is 7. The Bertz CT molecular complexity index is 333. The Morgan fingerprint density at radius 2 is 2.06 bits per heavy atom. The van der Waals surface area contributed by atoms with E-state index in [0.29, 0.717) is 6.10 Å². The van der Waals surface area contributed by atoms with Gasteiger partial charge in [-0.05, 0) is 37.1 Å². The summed E-state index contributed by atoms with van der Waals surface area (Å²) in [5.74, 6) is 1.74. The highest BCUT2D eigenvalue weighted by Gasteiger charge is 2.16. The maximum Gasteiger partial charge on any atom is 0.137 e. The van der Waals surface area contributed by atoms with Gasteiger partial charge in [0.05, 0.1) is 7.11 Å². The molecule has 2 N–H and O–H groups in total. The van der Waals surface area contributed by atoms with Crippen LogP contribution in [0.25, 0.3) is 0 Å². The van der Waals surface area contributed by atoms with Crippen molar-refractivity contribution in [1.82, 2.24) is 0 Å². The smallest absolute Gasteiger partial charge is 0.137 e. The number of quaternary nitrogens is 1. The molecule has 2 rings (SSSR count). The predicted octanol–water partition coefficient (Wildman–Crippen LogP) is 0.816. The molecule has 0 amide bonds. The molecule has 0 bridgehead atoms. The minimum absolute atomic E-state index is 0.450.